The van der Waals surface area contributed by atoms with Gasteiger partial charge in [-0.25, -0.2) is 8.42 Å². The van der Waals surface area contributed by atoms with Gasteiger partial charge < -0.3 is 4.74 Å². The van der Waals surface area contributed by atoms with Gasteiger partial charge in [0, 0.05) is 24.2 Å². The number of ether oxygens (including phenoxy) is 1. The number of benzene rings is 1. The molecule has 2 rings (SSSR count). The highest BCUT2D eigenvalue weighted by Gasteiger charge is 2.23. The van der Waals surface area contributed by atoms with Crippen molar-refractivity contribution in [2.24, 2.45) is 11.8 Å². The molecule has 152 valence electrons. The van der Waals surface area contributed by atoms with Crippen LogP contribution in [-0.2, 0) is 10.0 Å². The van der Waals surface area contributed by atoms with Crippen LogP contribution in [0.2, 0.25) is 0 Å². The van der Waals surface area contributed by atoms with E-state index in [-0.39, 0.29) is 21.9 Å². The minimum absolute atomic E-state index is 0.0391. The van der Waals surface area contributed by atoms with Gasteiger partial charge in [0.25, 0.3) is 10.0 Å². The molecule has 0 saturated carbocycles. The van der Waals surface area contributed by atoms with Gasteiger partial charge in [-0.15, -0.1) is 0 Å². The Balaban J connectivity index is 2.21. The van der Waals surface area contributed by atoms with E-state index in [1.54, 1.807) is 24.3 Å². The molecule has 0 aliphatic carbocycles. The molecule has 0 spiro atoms. The molecular formula is C21H28N2O4S. The number of carbonyl (C=O) groups excluding carboxylic acids is 1. The highest BCUT2D eigenvalue weighted by molar-refractivity contribution is 7.92. The van der Waals surface area contributed by atoms with E-state index in [0.29, 0.717) is 24.0 Å². The van der Waals surface area contributed by atoms with Gasteiger partial charge in [0.2, 0.25) is 0 Å². The largest absolute Gasteiger partial charge is 0.494 e. The minimum atomic E-state index is -3.97. The molecule has 7 heteroatoms. The molecule has 0 saturated heterocycles. The smallest absolute Gasteiger partial charge is 0.262 e. The second kappa shape index (κ2) is 9.68. The lowest BCUT2D eigenvalue weighted by molar-refractivity contribution is 0.0973. The zero-order valence-corrected chi connectivity index (χ0v) is 17.6. The fourth-order valence-electron chi connectivity index (χ4n) is 2.82. The highest BCUT2D eigenvalue weighted by Crippen LogP contribution is 2.27. The number of rotatable bonds is 10. The number of anilines is 1. The van der Waals surface area contributed by atoms with E-state index in [0.717, 1.165) is 12.8 Å². The van der Waals surface area contributed by atoms with Gasteiger partial charge in [0.15, 0.2) is 5.78 Å². The Morgan fingerprint density at radius 3 is 2.57 bits per heavy atom. The van der Waals surface area contributed by atoms with Gasteiger partial charge in [0.1, 0.15) is 11.4 Å². The molecule has 6 nitrogen and oxygen atoms in total. The molecule has 0 amide bonds. The molecule has 1 atom stereocenters. The third kappa shape index (κ3) is 5.55. The first kappa shape index (κ1) is 21.9. The molecule has 0 radical (unpaired) electrons. The SMILES string of the molecule is COc1ccncc1NS(=O)(=O)c1ccccc1C(=O)CCC[C@H](C)C(C)C. The first-order chi connectivity index (χ1) is 13.3. The lowest BCUT2D eigenvalue weighted by Gasteiger charge is -2.15. The number of ketones is 1. The van der Waals surface area contributed by atoms with Crippen LogP contribution in [0.15, 0.2) is 47.6 Å². The van der Waals surface area contributed by atoms with E-state index in [9.17, 15) is 13.2 Å². The number of aromatic nitrogens is 1. The predicted molar refractivity (Wildman–Crippen MR) is 110 cm³/mol. The maximum absolute atomic E-state index is 12.9. The van der Waals surface area contributed by atoms with Crippen molar-refractivity contribution in [2.45, 2.75) is 44.9 Å². The summed E-state index contributed by atoms with van der Waals surface area (Å²) >= 11 is 0. The Morgan fingerprint density at radius 1 is 1.18 bits per heavy atom. The van der Waals surface area contributed by atoms with Gasteiger partial charge in [-0.2, -0.15) is 0 Å². The average molecular weight is 405 g/mol. The molecule has 0 bridgehead atoms. The molecule has 2 aromatic rings. The Bertz CT molecular complexity index is 910. The number of Topliss-reactive ketones (excluding diaryl/α,β-unsaturated/α-hetero) is 1. The number of pyridine rings is 1. The van der Waals surface area contributed by atoms with Crippen LogP contribution in [0.4, 0.5) is 5.69 Å². The fourth-order valence-corrected chi connectivity index (χ4v) is 4.10. The van der Waals surface area contributed by atoms with Gasteiger partial charge in [-0.05, 0) is 24.3 Å². The van der Waals surface area contributed by atoms with Crippen LogP contribution < -0.4 is 9.46 Å². The van der Waals surface area contributed by atoms with Crippen molar-refractivity contribution in [1.29, 1.82) is 0 Å². The topological polar surface area (TPSA) is 85.4 Å². The maximum Gasteiger partial charge on any atom is 0.262 e. The standard InChI is InChI=1S/C21H28N2O4S/c1-15(2)16(3)8-7-10-19(24)17-9-5-6-11-21(17)28(25,26)23-18-14-22-13-12-20(18)27-4/h5-6,9,11-16,23H,7-8,10H2,1-4H3/t16-/m0/s1. The van der Waals surface area contributed by atoms with E-state index >= 15 is 0 Å². The predicted octanol–water partition coefficient (Wildman–Crippen LogP) is 4.54. The summed E-state index contributed by atoms with van der Waals surface area (Å²) in [6, 6.07) is 7.84. The van der Waals surface area contributed by atoms with Crippen molar-refractivity contribution in [3.63, 3.8) is 0 Å². The van der Waals surface area contributed by atoms with Gasteiger partial charge >= 0.3 is 0 Å². The summed E-state index contributed by atoms with van der Waals surface area (Å²) in [5.41, 5.74) is 0.424. The van der Waals surface area contributed by atoms with E-state index in [1.807, 2.05) is 0 Å². The van der Waals surface area contributed by atoms with E-state index < -0.39 is 10.0 Å². The molecule has 28 heavy (non-hydrogen) atoms. The van der Waals surface area contributed by atoms with Gasteiger partial charge in [0.05, 0.1) is 18.2 Å². The first-order valence-electron chi connectivity index (χ1n) is 9.39. The third-order valence-corrected chi connectivity index (χ3v) is 6.35. The van der Waals surface area contributed by atoms with Crippen molar-refractivity contribution < 1.29 is 17.9 Å². The quantitative estimate of drug-likeness (QED) is 0.588. The zero-order valence-electron chi connectivity index (χ0n) is 16.8. The fraction of sp³-hybridized carbons (Fsp3) is 0.429. The summed E-state index contributed by atoms with van der Waals surface area (Å²) in [5.74, 6) is 1.26. The Kier molecular flexibility index (Phi) is 7.57. The van der Waals surface area contributed by atoms with Crippen LogP contribution >= 0.6 is 0 Å². The summed E-state index contributed by atoms with van der Waals surface area (Å²) in [7, 11) is -2.52. The maximum atomic E-state index is 12.9. The van der Waals surface area contributed by atoms with E-state index in [2.05, 4.69) is 30.5 Å². The van der Waals surface area contributed by atoms with Crippen molar-refractivity contribution >= 4 is 21.5 Å². The summed E-state index contributed by atoms with van der Waals surface area (Å²) < 4.78 is 33.5. The molecule has 0 unspecified atom stereocenters. The third-order valence-electron chi connectivity index (χ3n) is 4.92. The number of nitrogens with one attached hydrogen (secondary N) is 1. The van der Waals surface area contributed by atoms with E-state index in [1.165, 1.54) is 25.6 Å². The lowest BCUT2D eigenvalue weighted by atomic mass is 9.91. The van der Waals surface area contributed by atoms with Crippen molar-refractivity contribution in [1.82, 2.24) is 4.98 Å². The average Bonchev–Trinajstić information content (AvgIpc) is 2.67. The van der Waals surface area contributed by atoms with Crippen molar-refractivity contribution in [3.05, 3.63) is 48.3 Å². The molecule has 0 aliphatic rings. The van der Waals surface area contributed by atoms with Crippen molar-refractivity contribution in [3.8, 4) is 5.75 Å². The van der Waals surface area contributed by atoms with Crippen LogP contribution in [0.1, 0.15) is 50.4 Å². The number of nitrogens with zero attached hydrogens (tertiary/aromatic N) is 1. The zero-order chi connectivity index (χ0) is 20.7. The monoisotopic (exact) mass is 404 g/mol. The van der Waals surface area contributed by atoms with Gasteiger partial charge in [-0.1, -0.05) is 45.4 Å². The Hall–Kier alpha value is -2.41. The second-order valence-electron chi connectivity index (χ2n) is 7.21. The van der Waals surface area contributed by atoms with Crippen LogP contribution in [0.3, 0.4) is 0 Å². The lowest BCUT2D eigenvalue weighted by Crippen LogP contribution is -2.17. The molecule has 1 aromatic carbocycles. The molecule has 1 aromatic heterocycles. The minimum Gasteiger partial charge on any atom is -0.494 e. The summed E-state index contributed by atoms with van der Waals surface area (Å²) in [6.45, 7) is 6.48. The Labute approximate surface area is 167 Å². The summed E-state index contributed by atoms with van der Waals surface area (Å²) in [4.78, 5) is 16.6. The molecule has 1 heterocycles. The summed E-state index contributed by atoms with van der Waals surface area (Å²) in [6.07, 6.45) is 4.86. The number of carbonyl (C=O) groups is 1. The van der Waals surface area contributed by atoms with Crippen molar-refractivity contribution in [2.75, 3.05) is 11.8 Å². The first-order valence-corrected chi connectivity index (χ1v) is 10.9. The molecule has 1 N–H and O–H groups in total. The number of hydrogen-bond acceptors (Lipinski definition) is 5. The summed E-state index contributed by atoms with van der Waals surface area (Å²) in [5, 5.41) is 0. The number of sulfonamides is 1. The van der Waals surface area contributed by atoms with Gasteiger partial charge in [-0.3, -0.25) is 14.5 Å². The highest BCUT2D eigenvalue weighted by atomic mass is 32.2. The van der Waals surface area contributed by atoms with Crippen LogP contribution in [0, 0.1) is 11.8 Å². The number of hydrogen-bond donors (Lipinski definition) is 1. The van der Waals surface area contributed by atoms with E-state index in [4.69, 9.17) is 4.74 Å². The van der Waals surface area contributed by atoms with Crippen LogP contribution in [0.5, 0.6) is 5.75 Å². The molecular weight excluding hydrogens is 376 g/mol. The number of methoxy groups -OCH3 is 1. The molecule has 0 fully saturated rings. The second-order valence-corrected chi connectivity index (χ2v) is 8.87. The normalized spacial score (nSPS) is 12.6. The van der Waals surface area contributed by atoms with Crippen LogP contribution in [0.25, 0.3) is 0 Å². The Morgan fingerprint density at radius 2 is 1.89 bits per heavy atom. The van der Waals surface area contributed by atoms with Crippen LogP contribution in [-0.4, -0.2) is 26.3 Å². The molecule has 0 aliphatic heterocycles.